The van der Waals surface area contributed by atoms with Gasteiger partial charge in [-0.2, -0.15) is 0 Å². The van der Waals surface area contributed by atoms with Gasteiger partial charge in [0.1, 0.15) is 0 Å². The third-order valence-electron chi connectivity index (χ3n) is 3.29. The summed E-state index contributed by atoms with van der Waals surface area (Å²) in [4.78, 5) is 23.9. The number of carbonyl (C=O) groups excluding carboxylic acids is 2. The van der Waals surface area contributed by atoms with E-state index in [-0.39, 0.29) is 0 Å². The van der Waals surface area contributed by atoms with E-state index in [4.69, 9.17) is 0 Å². The molecule has 1 rings (SSSR count). The number of ketones is 2. The lowest BCUT2D eigenvalue weighted by atomic mass is 9.90. The van der Waals surface area contributed by atoms with Crippen molar-refractivity contribution in [2.45, 2.75) is 46.7 Å². The molecule has 2 nitrogen and oxygen atoms in total. The normalized spacial score (nSPS) is 12.5. The van der Waals surface area contributed by atoms with Crippen molar-refractivity contribution < 1.29 is 14.0 Å². The molecule has 0 N–H and O–H groups in total. The summed E-state index contributed by atoms with van der Waals surface area (Å²) in [7, 11) is 0. The second-order valence-electron chi connectivity index (χ2n) is 4.94. The molecule has 0 spiro atoms. The Hall–Kier alpha value is -1.51. The Kier molecular flexibility index (Phi) is 5.40. The average Bonchev–Trinajstić information content (AvgIpc) is 2.43. The lowest BCUT2D eigenvalue weighted by Crippen LogP contribution is -2.30. The highest BCUT2D eigenvalue weighted by molar-refractivity contribution is 6.14. The summed E-state index contributed by atoms with van der Waals surface area (Å²) in [6, 6.07) is 5.50. The Morgan fingerprint density at radius 2 is 1.58 bits per heavy atom. The first kappa shape index (κ1) is 15.5. The summed E-state index contributed by atoms with van der Waals surface area (Å²) in [6.07, 6.45) is -0.743. The van der Waals surface area contributed by atoms with Crippen LogP contribution < -0.4 is 0 Å². The monoisotopic (exact) mass is 264 g/mol. The fraction of sp³-hybridized carbons (Fsp3) is 0.500. The molecule has 1 aromatic carbocycles. The Balaban J connectivity index is 3.22. The van der Waals surface area contributed by atoms with Gasteiger partial charge in [0, 0.05) is 11.5 Å². The van der Waals surface area contributed by atoms with Crippen molar-refractivity contribution in [3.8, 4) is 0 Å². The fourth-order valence-electron chi connectivity index (χ4n) is 2.11. The van der Waals surface area contributed by atoms with Crippen LogP contribution in [0, 0.1) is 5.92 Å². The van der Waals surface area contributed by atoms with Gasteiger partial charge in [-0.05, 0) is 24.0 Å². The number of rotatable bonds is 6. The number of hydrogen-bond acceptors (Lipinski definition) is 2. The van der Waals surface area contributed by atoms with Gasteiger partial charge in [-0.25, -0.2) is 4.39 Å². The zero-order valence-corrected chi connectivity index (χ0v) is 12.0. The van der Waals surface area contributed by atoms with Crippen LogP contribution in [0.25, 0.3) is 0 Å². The van der Waals surface area contributed by atoms with Crippen molar-refractivity contribution in [1.82, 2.24) is 0 Å². The van der Waals surface area contributed by atoms with Crippen LogP contribution in [-0.2, 0) is 17.6 Å². The van der Waals surface area contributed by atoms with Gasteiger partial charge >= 0.3 is 0 Å². The van der Waals surface area contributed by atoms with Gasteiger partial charge < -0.3 is 0 Å². The maximum atomic E-state index is 14.1. The van der Waals surface area contributed by atoms with E-state index in [2.05, 4.69) is 0 Å². The van der Waals surface area contributed by atoms with Crippen LogP contribution >= 0.6 is 0 Å². The predicted molar refractivity (Wildman–Crippen MR) is 74.3 cm³/mol. The van der Waals surface area contributed by atoms with Crippen LogP contribution in [0.15, 0.2) is 18.2 Å². The van der Waals surface area contributed by atoms with Crippen molar-refractivity contribution in [3.05, 3.63) is 34.9 Å². The molecule has 0 bridgehead atoms. The van der Waals surface area contributed by atoms with E-state index in [0.29, 0.717) is 18.4 Å². The summed E-state index contributed by atoms with van der Waals surface area (Å²) < 4.78 is 14.1. The van der Waals surface area contributed by atoms with Crippen LogP contribution in [0.5, 0.6) is 0 Å². The molecule has 1 aromatic rings. The van der Waals surface area contributed by atoms with Gasteiger partial charge in [0.15, 0.2) is 5.78 Å². The molecule has 0 aliphatic heterocycles. The van der Waals surface area contributed by atoms with Gasteiger partial charge in [-0.1, -0.05) is 45.9 Å². The third-order valence-corrected chi connectivity index (χ3v) is 3.29. The summed E-state index contributed by atoms with van der Waals surface area (Å²) in [5.74, 6) is -1.80. The van der Waals surface area contributed by atoms with Crippen LogP contribution in [0.3, 0.4) is 0 Å². The van der Waals surface area contributed by atoms with E-state index >= 15 is 0 Å². The Morgan fingerprint density at radius 1 is 1.11 bits per heavy atom. The Bertz CT molecular complexity index is 455. The Morgan fingerprint density at radius 3 is 1.95 bits per heavy atom. The molecule has 0 aliphatic carbocycles. The molecule has 0 aliphatic rings. The third kappa shape index (κ3) is 3.28. The van der Waals surface area contributed by atoms with Gasteiger partial charge in [-0.15, -0.1) is 0 Å². The highest BCUT2D eigenvalue weighted by Crippen LogP contribution is 2.21. The molecule has 3 heteroatoms. The molecule has 1 unspecified atom stereocenters. The summed E-state index contributed by atoms with van der Waals surface area (Å²) in [5.41, 5.74) is 2.01. The minimum absolute atomic E-state index is 0.397. The van der Waals surface area contributed by atoms with E-state index < -0.39 is 23.7 Å². The number of carbonyl (C=O) groups is 2. The average molecular weight is 264 g/mol. The predicted octanol–water partition coefficient (Wildman–Crippen LogP) is 3.56. The number of aryl methyl sites for hydroxylation is 2. The van der Waals surface area contributed by atoms with E-state index in [1.807, 2.05) is 32.0 Å². The fourth-order valence-corrected chi connectivity index (χ4v) is 2.11. The van der Waals surface area contributed by atoms with Crippen LogP contribution in [0.1, 0.15) is 49.2 Å². The number of benzene rings is 1. The van der Waals surface area contributed by atoms with Crippen molar-refractivity contribution in [2.24, 2.45) is 5.92 Å². The zero-order valence-electron chi connectivity index (χ0n) is 12.0. The maximum absolute atomic E-state index is 14.1. The minimum atomic E-state index is -2.04. The van der Waals surface area contributed by atoms with Gasteiger partial charge in [0.05, 0.1) is 0 Å². The topological polar surface area (TPSA) is 34.1 Å². The lowest BCUT2D eigenvalue weighted by Gasteiger charge is -2.15. The number of hydrogen-bond donors (Lipinski definition) is 0. The van der Waals surface area contributed by atoms with Gasteiger partial charge in [-0.3, -0.25) is 9.59 Å². The first-order valence-electron chi connectivity index (χ1n) is 6.76. The van der Waals surface area contributed by atoms with Gasteiger partial charge in [0.2, 0.25) is 12.0 Å². The Labute approximate surface area is 114 Å². The standard InChI is InChI=1S/C16H21FO2/c1-5-11-8-7-9-12(6-2)13(11)16(19)14(17)15(18)10(3)4/h7-10,14H,5-6H2,1-4H3. The first-order valence-corrected chi connectivity index (χ1v) is 6.76. The van der Waals surface area contributed by atoms with Gasteiger partial charge in [0.25, 0.3) is 0 Å². The highest BCUT2D eigenvalue weighted by atomic mass is 19.1. The number of halogens is 1. The molecule has 0 saturated heterocycles. The van der Waals surface area contributed by atoms with Crippen molar-refractivity contribution >= 4 is 11.6 Å². The second-order valence-corrected chi connectivity index (χ2v) is 4.94. The summed E-state index contributed by atoms with van der Waals surface area (Å²) >= 11 is 0. The van der Waals surface area contributed by atoms with E-state index in [1.165, 1.54) is 0 Å². The number of Topliss-reactive ketones (excluding diaryl/α,β-unsaturated/α-hetero) is 2. The van der Waals surface area contributed by atoms with Crippen LogP contribution in [0.4, 0.5) is 4.39 Å². The SMILES string of the molecule is CCc1cccc(CC)c1C(=O)C(F)C(=O)C(C)C. The highest BCUT2D eigenvalue weighted by Gasteiger charge is 2.31. The molecule has 0 radical (unpaired) electrons. The summed E-state index contributed by atoms with van der Waals surface area (Å²) in [5, 5.41) is 0. The molecular formula is C16H21FO2. The summed E-state index contributed by atoms with van der Waals surface area (Å²) in [6.45, 7) is 7.05. The van der Waals surface area contributed by atoms with Crippen LogP contribution in [0.2, 0.25) is 0 Å². The lowest BCUT2D eigenvalue weighted by molar-refractivity contribution is -0.125. The van der Waals surface area contributed by atoms with Crippen LogP contribution in [-0.4, -0.2) is 17.7 Å². The molecule has 0 saturated carbocycles. The zero-order chi connectivity index (χ0) is 14.6. The van der Waals surface area contributed by atoms with Crippen molar-refractivity contribution in [1.29, 1.82) is 0 Å². The van der Waals surface area contributed by atoms with Crippen molar-refractivity contribution in [3.63, 3.8) is 0 Å². The van der Waals surface area contributed by atoms with E-state index in [0.717, 1.165) is 11.1 Å². The molecule has 0 heterocycles. The molecule has 0 fully saturated rings. The first-order chi connectivity index (χ1) is 8.93. The molecule has 104 valence electrons. The molecule has 1 atom stereocenters. The van der Waals surface area contributed by atoms with Crippen molar-refractivity contribution in [2.75, 3.05) is 0 Å². The van der Waals surface area contributed by atoms with E-state index in [9.17, 15) is 14.0 Å². The maximum Gasteiger partial charge on any atom is 0.221 e. The van der Waals surface area contributed by atoms with E-state index in [1.54, 1.807) is 13.8 Å². The smallest absolute Gasteiger partial charge is 0.221 e. The quantitative estimate of drug-likeness (QED) is 0.581. The largest absolute Gasteiger partial charge is 0.296 e. The number of alkyl halides is 1. The molecule has 0 amide bonds. The molecular weight excluding hydrogens is 243 g/mol. The minimum Gasteiger partial charge on any atom is -0.296 e. The molecule has 19 heavy (non-hydrogen) atoms. The molecule has 0 aromatic heterocycles. The second kappa shape index (κ2) is 6.60.